The number of nitriles is 5. The van der Waals surface area contributed by atoms with Crippen LogP contribution in [0.2, 0.25) is 0 Å². The largest absolute Gasteiger partial charge is 0.310 e. The maximum atomic E-state index is 9.53. The van der Waals surface area contributed by atoms with Gasteiger partial charge in [-0.1, -0.05) is 312 Å². The van der Waals surface area contributed by atoms with Crippen LogP contribution in [0, 0.1) is 56.7 Å². The predicted molar refractivity (Wildman–Crippen MR) is 606 cm³/mol. The van der Waals surface area contributed by atoms with Crippen molar-refractivity contribution in [3.05, 3.63) is 540 Å². The van der Waals surface area contributed by atoms with Gasteiger partial charge in [0.1, 0.15) is 35.7 Å². The van der Waals surface area contributed by atoms with Gasteiger partial charge in [-0.25, -0.2) is 9.97 Å². The summed E-state index contributed by atoms with van der Waals surface area (Å²) in [7, 11) is 0. The Morgan fingerprint density at radius 1 is 0.187 bits per heavy atom. The number of aromatic nitrogens is 5. The van der Waals surface area contributed by atoms with Crippen LogP contribution in [-0.4, -0.2) is 24.9 Å². The van der Waals surface area contributed by atoms with Gasteiger partial charge >= 0.3 is 0 Å². The molecule has 0 amide bonds. The highest BCUT2D eigenvalue weighted by atomic mass is 15.2. The fraction of sp³-hybridized carbons (Fsp3) is 0.111. The average molecular weight is 1940 g/mol. The van der Waals surface area contributed by atoms with Crippen molar-refractivity contribution in [2.75, 3.05) is 24.5 Å². The summed E-state index contributed by atoms with van der Waals surface area (Å²) in [4.78, 5) is 32.6. The Hall–Kier alpha value is -19.5. The van der Waals surface area contributed by atoms with Gasteiger partial charge in [-0.3, -0.25) is 15.0 Å². The summed E-state index contributed by atoms with van der Waals surface area (Å²) in [6.07, 6.45) is 13.6. The number of anilines is 15. The summed E-state index contributed by atoms with van der Waals surface area (Å²) >= 11 is 0. The lowest BCUT2D eigenvalue weighted by Gasteiger charge is -2.42. The molecule has 720 valence electrons. The standard InChI is InChI=1S/5C27H21N3/c1-27(2)23-10-3-5-12-25(23)30(26-13-6-4-11-24(26)27)22-9-7-8-20(15-22)21-14-19(16-28)17-29-18-21;1-27(2)23-10-3-5-12-25(23)30(26-13-6-4-11-24(26)27)22-9-7-8-19(17-22)20-14-15-29-21(16-20)18-28;1-27(2)23-10-3-5-12-25(23)30(26-13-6-4-11-24(26)27)21-9-7-8-19(16-21)22-14-15-29-18-20(22)17-28;1-27(2)23-10-3-5-12-25(23)30(26-13-6-4-11-24(26)27)22-9-7-8-19(16-22)20-14-15-21(17-28)29-18-20;1-27(2)23-10-3-5-12-25(23)30(26-13-6-4-11-24(26)27)21-9-7-8-19(16-21)22-18-29-15-14-20(22)17-28/h3-15,17-18H,1-2H3;3-17H,1-2H3;3*3-16,18H,1-2H3. The van der Waals surface area contributed by atoms with Crippen molar-refractivity contribution >= 4 is 85.3 Å². The second-order valence-electron chi connectivity index (χ2n) is 40.5. The number of fused-ring (bicyclic) bond motifs is 10. The average Bonchev–Trinajstić information content (AvgIpc) is 0.745. The minimum atomic E-state index is -0.0847. The van der Waals surface area contributed by atoms with Crippen LogP contribution in [0.15, 0.2) is 456 Å². The molecule has 0 saturated carbocycles. The molecule has 0 bridgehead atoms. The van der Waals surface area contributed by atoms with Crippen LogP contribution in [0.1, 0.15) is 153 Å². The molecule has 0 atom stereocenters. The summed E-state index contributed by atoms with van der Waals surface area (Å²) in [6.45, 7) is 22.9. The topological polar surface area (TPSA) is 200 Å². The van der Waals surface area contributed by atoms with E-state index in [0.717, 1.165) is 84.1 Å². The summed E-state index contributed by atoms with van der Waals surface area (Å²) < 4.78 is 0. The summed E-state index contributed by atoms with van der Waals surface area (Å²) in [6, 6.07) is 152. The number of pyridine rings is 5. The van der Waals surface area contributed by atoms with E-state index in [1.165, 1.54) is 113 Å². The number of nitrogens with zero attached hydrogens (tertiary/aromatic N) is 15. The molecule has 0 radical (unpaired) electrons. The van der Waals surface area contributed by atoms with E-state index in [2.05, 4.69) is 495 Å². The fourth-order valence-electron chi connectivity index (χ4n) is 22.3. The summed E-state index contributed by atoms with van der Waals surface area (Å²) in [5.74, 6) is 0. The molecule has 25 rings (SSSR count). The Bertz CT molecular complexity index is 8180. The molecule has 0 fully saturated rings. The number of hydrogen-bond donors (Lipinski definition) is 0. The van der Waals surface area contributed by atoms with E-state index in [1.54, 1.807) is 61.7 Å². The van der Waals surface area contributed by atoms with Gasteiger partial charge in [0.05, 0.1) is 79.6 Å². The zero-order valence-electron chi connectivity index (χ0n) is 85.0. The Kier molecular flexibility index (Phi) is 25.9. The number of benzene rings is 15. The van der Waals surface area contributed by atoms with E-state index in [0.29, 0.717) is 28.1 Å². The molecule has 15 heteroatoms. The second kappa shape index (κ2) is 40.2. The van der Waals surface area contributed by atoms with E-state index in [4.69, 9.17) is 5.26 Å². The molecule has 0 spiro atoms. The quantitative estimate of drug-likeness (QED) is 0.125. The number of para-hydroxylation sites is 10. The van der Waals surface area contributed by atoms with Crippen LogP contribution in [-0.2, 0) is 27.1 Å². The van der Waals surface area contributed by atoms with Gasteiger partial charge in [-0.2, -0.15) is 26.3 Å². The first-order chi connectivity index (χ1) is 73.0. The molecule has 5 aliphatic heterocycles. The molecule has 0 N–H and O–H groups in total. The van der Waals surface area contributed by atoms with Crippen LogP contribution in [0.25, 0.3) is 55.6 Å². The SMILES string of the molecule is CC1(C)c2ccccc2N(c2cccc(-c3ccc(C#N)nc3)c2)c2ccccc21.CC1(C)c2ccccc2N(c2cccc(-c3ccnc(C#N)c3)c2)c2ccccc21.CC1(C)c2ccccc2N(c2cccc(-c3ccncc3C#N)c2)c2ccccc21.CC1(C)c2ccccc2N(c2cccc(-c3cncc(C#N)c3)c2)c2ccccc21.CC1(C)c2ccccc2N(c2cccc(-c3cnccc3C#N)c2)c2ccccc21. The molecule has 15 aromatic carbocycles. The molecule has 5 aromatic heterocycles. The Morgan fingerprint density at radius 2 is 0.480 bits per heavy atom. The van der Waals surface area contributed by atoms with E-state index in [-0.39, 0.29) is 27.1 Å². The predicted octanol–water partition coefficient (Wildman–Crippen LogP) is 33.6. The first kappa shape index (κ1) is 96.6. The molecule has 0 saturated heterocycles. The Labute approximate surface area is 877 Å². The van der Waals surface area contributed by atoms with E-state index < -0.39 is 0 Å². The maximum Gasteiger partial charge on any atom is 0.141 e. The van der Waals surface area contributed by atoms with Gasteiger partial charge in [0.25, 0.3) is 0 Å². The van der Waals surface area contributed by atoms with Crippen molar-refractivity contribution in [1.82, 2.24) is 24.9 Å². The first-order valence-electron chi connectivity index (χ1n) is 50.2. The fourth-order valence-corrected chi connectivity index (χ4v) is 22.3. The lowest BCUT2D eigenvalue weighted by atomic mass is 9.73. The van der Waals surface area contributed by atoms with Gasteiger partial charge in [0.15, 0.2) is 0 Å². The molecular weight excluding hydrogens is 1830 g/mol. The molecule has 15 nitrogen and oxygen atoms in total. The van der Waals surface area contributed by atoms with Crippen molar-refractivity contribution in [3.63, 3.8) is 0 Å². The van der Waals surface area contributed by atoms with Gasteiger partial charge in [0.2, 0.25) is 0 Å². The monoisotopic (exact) mass is 1940 g/mol. The van der Waals surface area contributed by atoms with Crippen LogP contribution in [0.5, 0.6) is 0 Å². The molecule has 0 aliphatic carbocycles. The minimum Gasteiger partial charge on any atom is -0.310 e. The Balaban J connectivity index is 0.000000109. The maximum absolute atomic E-state index is 9.53. The van der Waals surface area contributed by atoms with Gasteiger partial charge in [-0.05, 0) is 253 Å². The lowest BCUT2D eigenvalue weighted by Crippen LogP contribution is -2.30. The van der Waals surface area contributed by atoms with E-state index >= 15 is 0 Å². The van der Waals surface area contributed by atoms with Crippen LogP contribution < -0.4 is 24.5 Å². The second-order valence-corrected chi connectivity index (χ2v) is 40.5. The minimum absolute atomic E-state index is 0.0711. The van der Waals surface area contributed by atoms with Gasteiger partial charge in [-0.15, -0.1) is 0 Å². The molecular formula is C135H105N15. The van der Waals surface area contributed by atoms with Crippen LogP contribution >= 0.6 is 0 Å². The molecule has 20 aromatic rings. The van der Waals surface area contributed by atoms with Crippen LogP contribution in [0.3, 0.4) is 0 Å². The first-order valence-corrected chi connectivity index (χ1v) is 50.2. The summed E-state index contributed by atoms with van der Waals surface area (Å²) in [5, 5.41) is 46.5. The highest BCUT2D eigenvalue weighted by Gasteiger charge is 2.43. The van der Waals surface area contributed by atoms with Crippen molar-refractivity contribution in [2.24, 2.45) is 0 Å². The number of rotatable bonds is 10. The van der Waals surface area contributed by atoms with Crippen LogP contribution in [0.4, 0.5) is 85.3 Å². The molecule has 5 aliphatic rings. The highest BCUT2D eigenvalue weighted by molar-refractivity contribution is 5.94. The third kappa shape index (κ3) is 17.8. The number of hydrogen-bond acceptors (Lipinski definition) is 15. The van der Waals surface area contributed by atoms with Crippen molar-refractivity contribution < 1.29 is 0 Å². The zero-order chi connectivity index (χ0) is 104. The summed E-state index contributed by atoms with van der Waals surface area (Å²) in [5.41, 5.74) is 42.5. The molecule has 10 heterocycles. The van der Waals surface area contributed by atoms with Crippen molar-refractivity contribution in [3.8, 4) is 86.0 Å². The molecule has 150 heavy (non-hydrogen) atoms. The highest BCUT2D eigenvalue weighted by Crippen LogP contribution is 2.59. The van der Waals surface area contributed by atoms with Gasteiger partial charge in [0, 0.05) is 127 Å². The molecule has 0 unspecified atom stereocenters. The van der Waals surface area contributed by atoms with Crippen molar-refractivity contribution in [2.45, 2.75) is 96.3 Å². The van der Waals surface area contributed by atoms with Gasteiger partial charge < -0.3 is 24.5 Å². The van der Waals surface area contributed by atoms with E-state index in [1.807, 2.05) is 48.5 Å². The zero-order valence-corrected chi connectivity index (χ0v) is 85.0. The van der Waals surface area contributed by atoms with Crippen molar-refractivity contribution in [1.29, 1.82) is 26.3 Å². The third-order valence-corrected chi connectivity index (χ3v) is 29.8. The third-order valence-electron chi connectivity index (χ3n) is 29.8. The van der Waals surface area contributed by atoms with E-state index in [9.17, 15) is 21.0 Å². The lowest BCUT2D eigenvalue weighted by molar-refractivity contribution is 0.632. The normalized spacial score (nSPS) is 13.8. The Morgan fingerprint density at radius 3 is 0.800 bits per heavy atom. The smallest absolute Gasteiger partial charge is 0.141 e.